The smallest absolute Gasteiger partial charge is 0.246 e. The molecular weight excluding hydrogens is 228 g/mol. The summed E-state index contributed by atoms with van der Waals surface area (Å²) in [5.74, 6) is -0.0985. The molecule has 0 spiro atoms. The van der Waals surface area contributed by atoms with E-state index in [1.54, 1.807) is 10.9 Å². The average molecular weight is 244 g/mol. The van der Waals surface area contributed by atoms with Crippen molar-refractivity contribution in [2.75, 3.05) is 5.32 Å². The van der Waals surface area contributed by atoms with Crippen molar-refractivity contribution in [3.05, 3.63) is 47.8 Å². The molecular formula is C13H16N4O. The molecule has 1 amide bonds. The predicted octanol–water partition coefficient (Wildman–Crippen LogP) is 1.29. The lowest BCUT2D eigenvalue weighted by Gasteiger charge is -2.06. The predicted molar refractivity (Wildman–Crippen MR) is 69.9 cm³/mol. The lowest BCUT2D eigenvalue weighted by molar-refractivity contribution is -0.116. The Morgan fingerprint density at radius 3 is 2.61 bits per heavy atom. The molecule has 1 aromatic heterocycles. The van der Waals surface area contributed by atoms with Gasteiger partial charge in [0.15, 0.2) is 0 Å². The zero-order valence-corrected chi connectivity index (χ0v) is 10.3. The molecule has 2 aromatic rings. The van der Waals surface area contributed by atoms with Crippen LogP contribution in [0.3, 0.4) is 0 Å². The lowest BCUT2D eigenvalue weighted by atomic mass is 10.2. The van der Waals surface area contributed by atoms with Gasteiger partial charge < -0.3 is 11.1 Å². The Kier molecular flexibility index (Phi) is 3.74. The molecule has 94 valence electrons. The van der Waals surface area contributed by atoms with Crippen LogP contribution in [0.2, 0.25) is 0 Å². The molecule has 3 N–H and O–H groups in total. The van der Waals surface area contributed by atoms with E-state index in [9.17, 15) is 4.79 Å². The third kappa shape index (κ3) is 3.18. The maximum absolute atomic E-state index is 11.7. The van der Waals surface area contributed by atoms with Crippen LogP contribution in [0.25, 0.3) is 0 Å². The fraction of sp³-hybridized carbons (Fsp3) is 0.231. The molecule has 0 fully saturated rings. The number of hydrogen-bond acceptors (Lipinski definition) is 3. The Balaban J connectivity index is 1.94. The van der Waals surface area contributed by atoms with E-state index in [2.05, 4.69) is 10.4 Å². The third-order valence-electron chi connectivity index (χ3n) is 2.55. The van der Waals surface area contributed by atoms with Gasteiger partial charge in [-0.15, -0.1) is 0 Å². The number of carbonyl (C=O) groups is 1. The second-order valence-corrected chi connectivity index (χ2v) is 4.10. The highest BCUT2D eigenvalue weighted by Crippen LogP contribution is 2.09. The number of carbonyl (C=O) groups excluding carboxylic acids is 1. The van der Waals surface area contributed by atoms with Crippen molar-refractivity contribution in [1.29, 1.82) is 0 Å². The highest BCUT2D eigenvalue weighted by Gasteiger charge is 2.04. The number of nitrogens with one attached hydrogen (secondary N) is 1. The van der Waals surface area contributed by atoms with Crippen LogP contribution >= 0.6 is 0 Å². The molecule has 0 radical (unpaired) electrons. The summed E-state index contributed by atoms with van der Waals surface area (Å²) in [5.41, 5.74) is 8.21. The molecule has 2 rings (SSSR count). The Hall–Kier alpha value is -2.14. The van der Waals surface area contributed by atoms with Crippen LogP contribution in [0.15, 0.2) is 36.5 Å². The van der Waals surface area contributed by atoms with Crippen LogP contribution in [0, 0.1) is 6.92 Å². The summed E-state index contributed by atoms with van der Waals surface area (Å²) in [6.45, 7) is 2.60. The minimum atomic E-state index is -0.0985. The highest BCUT2D eigenvalue weighted by atomic mass is 16.2. The van der Waals surface area contributed by atoms with Gasteiger partial charge in [-0.25, -0.2) is 0 Å². The number of hydrogen-bond donors (Lipinski definition) is 2. The largest absolute Gasteiger partial charge is 0.326 e. The summed E-state index contributed by atoms with van der Waals surface area (Å²) >= 11 is 0. The van der Waals surface area contributed by atoms with E-state index < -0.39 is 0 Å². The van der Waals surface area contributed by atoms with Gasteiger partial charge in [0.1, 0.15) is 6.54 Å². The summed E-state index contributed by atoms with van der Waals surface area (Å²) in [7, 11) is 0. The van der Waals surface area contributed by atoms with Gasteiger partial charge in [0.05, 0.1) is 5.69 Å². The summed E-state index contributed by atoms with van der Waals surface area (Å²) in [6, 6.07) is 9.34. The molecule has 0 atom stereocenters. The molecule has 0 aliphatic carbocycles. The Bertz CT molecular complexity index is 530. The van der Waals surface area contributed by atoms with Crippen molar-refractivity contribution in [3.63, 3.8) is 0 Å². The van der Waals surface area contributed by atoms with Crippen molar-refractivity contribution in [3.8, 4) is 0 Å². The van der Waals surface area contributed by atoms with Crippen LogP contribution in [-0.4, -0.2) is 15.7 Å². The number of amides is 1. The minimum Gasteiger partial charge on any atom is -0.326 e. The van der Waals surface area contributed by atoms with Crippen LogP contribution in [0.5, 0.6) is 0 Å². The number of nitrogens with two attached hydrogens (primary N) is 1. The monoisotopic (exact) mass is 244 g/mol. The van der Waals surface area contributed by atoms with Gasteiger partial charge in [-0.1, -0.05) is 12.1 Å². The Morgan fingerprint density at radius 1 is 1.33 bits per heavy atom. The first-order chi connectivity index (χ1) is 8.67. The number of aromatic nitrogens is 2. The topological polar surface area (TPSA) is 72.9 Å². The van der Waals surface area contributed by atoms with Crippen molar-refractivity contribution in [2.24, 2.45) is 5.73 Å². The summed E-state index contributed by atoms with van der Waals surface area (Å²) in [6.07, 6.45) is 1.78. The van der Waals surface area contributed by atoms with E-state index in [1.807, 2.05) is 37.3 Å². The fourth-order valence-electron chi connectivity index (χ4n) is 1.62. The van der Waals surface area contributed by atoms with E-state index in [0.29, 0.717) is 6.54 Å². The molecule has 0 unspecified atom stereocenters. The van der Waals surface area contributed by atoms with Crippen LogP contribution in [-0.2, 0) is 17.9 Å². The SMILES string of the molecule is Cc1ccn(CC(=O)Nc2ccc(CN)cc2)n1. The molecule has 0 aliphatic heterocycles. The second kappa shape index (κ2) is 5.46. The van der Waals surface area contributed by atoms with Gasteiger partial charge in [-0.3, -0.25) is 9.48 Å². The van der Waals surface area contributed by atoms with E-state index in [1.165, 1.54) is 0 Å². The molecule has 0 saturated carbocycles. The van der Waals surface area contributed by atoms with Crippen molar-refractivity contribution >= 4 is 11.6 Å². The minimum absolute atomic E-state index is 0.0985. The quantitative estimate of drug-likeness (QED) is 0.851. The van der Waals surface area contributed by atoms with Gasteiger partial charge >= 0.3 is 0 Å². The number of rotatable bonds is 4. The zero-order chi connectivity index (χ0) is 13.0. The second-order valence-electron chi connectivity index (χ2n) is 4.10. The number of aryl methyl sites for hydroxylation is 1. The lowest BCUT2D eigenvalue weighted by Crippen LogP contribution is -2.19. The molecule has 0 bridgehead atoms. The molecule has 0 saturated heterocycles. The zero-order valence-electron chi connectivity index (χ0n) is 10.3. The summed E-state index contributed by atoms with van der Waals surface area (Å²) in [4.78, 5) is 11.7. The Labute approximate surface area is 106 Å². The molecule has 1 heterocycles. The molecule has 18 heavy (non-hydrogen) atoms. The molecule has 0 aliphatic rings. The first-order valence-electron chi connectivity index (χ1n) is 5.76. The van der Waals surface area contributed by atoms with Gasteiger partial charge in [0.2, 0.25) is 5.91 Å². The molecule has 1 aromatic carbocycles. The van der Waals surface area contributed by atoms with E-state index in [0.717, 1.165) is 16.9 Å². The van der Waals surface area contributed by atoms with Crippen molar-refractivity contribution < 1.29 is 4.79 Å². The van der Waals surface area contributed by atoms with E-state index in [4.69, 9.17) is 5.73 Å². The average Bonchev–Trinajstić information content (AvgIpc) is 2.75. The van der Waals surface area contributed by atoms with Crippen molar-refractivity contribution in [2.45, 2.75) is 20.0 Å². The first-order valence-corrected chi connectivity index (χ1v) is 5.76. The molecule has 5 nitrogen and oxygen atoms in total. The standard InChI is InChI=1S/C13H16N4O/c1-10-6-7-17(16-10)9-13(18)15-12-4-2-11(8-14)3-5-12/h2-7H,8-9,14H2,1H3,(H,15,18). The van der Waals surface area contributed by atoms with Gasteiger partial charge in [-0.2, -0.15) is 5.10 Å². The molecule has 5 heteroatoms. The van der Waals surface area contributed by atoms with Crippen LogP contribution in [0.4, 0.5) is 5.69 Å². The summed E-state index contributed by atoms with van der Waals surface area (Å²) < 4.78 is 1.61. The number of benzene rings is 1. The maximum Gasteiger partial charge on any atom is 0.246 e. The fourth-order valence-corrected chi connectivity index (χ4v) is 1.62. The van der Waals surface area contributed by atoms with E-state index >= 15 is 0 Å². The van der Waals surface area contributed by atoms with Crippen LogP contribution in [0.1, 0.15) is 11.3 Å². The normalized spacial score (nSPS) is 10.3. The summed E-state index contributed by atoms with van der Waals surface area (Å²) in [5, 5.41) is 6.97. The third-order valence-corrected chi connectivity index (χ3v) is 2.55. The van der Waals surface area contributed by atoms with Gasteiger partial charge in [0.25, 0.3) is 0 Å². The first kappa shape index (κ1) is 12.3. The van der Waals surface area contributed by atoms with Crippen LogP contribution < -0.4 is 11.1 Å². The Morgan fingerprint density at radius 2 is 2.06 bits per heavy atom. The van der Waals surface area contributed by atoms with Crippen molar-refractivity contribution in [1.82, 2.24) is 9.78 Å². The van der Waals surface area contributed by atoms with Gasteiger partial charge in [-0.05, 0) is 30.7 Å². The van der Waals surface area contributed by atoms with E-state index in [-0.39, 0.29) is 12.5 Å². The maximum atomic E-state index is 11.7. The highest BCUT2D eigenvalue weighted by molar-refractivity contribution is 5.90. The van der Waals surface area contributed by atoms with Gasteiger partial charge in [0, 0.05) is 18.4 Å². The number of anilines is 1. The number of nitrogens with zero attached hydrogens (tertiary/aromatic N) is 2.